The van der Waals surface area contributed by atoms with E-state index in [9.17, 15) is 9.59 Å². The number of thioether (sulfide) groups is 1. The number of rotatable bonds is 6. The van der Waals surface area contributed by atoms with Crippen LogP contribution >= 0.6 is 23.1 Å². The minimum absolute atomic E-state index is 0.0352. The van der Waals surface area contributed by atoms with E-state index in [-0.39, 0.29) is 18.9 Å². The minimum Gasteiger partial charge on any atom is -0.493 e. The highest BCUT2D eigenvalue weighted by atomic mass is 32.2. The van der Waals surface area contributed by atoms with Gasteiger partial charge in [0.1, 0.15) is 6.54 Å². The fourth-order valence-electron chi connectivity index (χ4n) is 3.20. The first-order chi connectivity index (χ1) is 15.0. The number of nitrogens with zero attached hydrogens (tertiary/aromatic N) is 2. The summed E-state index contributed by atoms with van der Waals surface area (Å²) in [6, 6.07) is 13.0. The average Bonchev–Trinajstić information content (AvgIpc) is 3.35. The standard InChI is InChI=1S/C22H20N2O5S2/c1-4-28-19(25)12-24-15-9-8-14(30-3)11-18(15)31-22(24)23-21(26)17-10-13-6-5-7-16(27-2)20(13)29-17/h5-11H,4,12H2,1-3H3. The van der Waals surface area contributed by atoms with Gasteiger partial charge in [0.2, 0.25) is 0 Å². The number of para-hydroxylation sites is 1. The second-order valence-corrected chi connectivity index (χ2v) is 8.40. The van der Waals surface area contributed by atoms with Crippen molar-refractivity contribution in [3.8, 4) is 5.75 Å². The van der Waals surface area contributed by atoms with Crippen LogP contribution in [0.1, 0.15) is 17.5 Å². The van der Waals surface area contributed by atoms with Crippen molar-refractivity contribution in [3.05, 3.63) is 53.0 Å². The Morgan fingerprint density at radius 1 is 1.23 bits per heavy atom. The van der Waals surface area contributed by atoms with Gasteiger partial charge in [0.15, 0.2) is 21.9 Å². The van der Waals surface area contributed by atoms with E-state index < -0.39 is 11.9 Å². The zero-order chi connectivity index (χ0) is 22.0. The predicted octanol–water partition coefficient (Wildman–Crippen LogP) is 4.48. The largest absolute Gasteiger partial charge is 0.493 e. The number of amides is 1. The lowest BCUT2D eigenvalue weighted by molar-refractivity contribution is -0.143. The first-order valence-electron chi connectivity index (χ1n) is 9.52. The molecule has 1 amide bonds. The van der Waals surface area contributed by atoms with Crippen LogP contribution in [0.25, 0.3) is 21.2 Å². The Morgan fingerprint density at radius 2 is 2.06 bits per heavy atom. The molecule has 0 N–H and O–H groups in total. The molecule has 0 radical (unpaired) electrons. The summed E-state index contributed by atoms with van der Waals surface area (Å²) in [5.74, 6) is -0.282. The Kier molecular flexibility index (Phi) is 6.15. The number of furan rings is 1. The molecule has 160 valence electrons. The molecule has 0 aliphatic rings. The molecule has 4 aromatic rings. The van der Waals surface area contributed by atoms with Crippen molar-refractivity contribution in [1.82, 2.24) is 4.57 Å². The number of hydrogen-bond acceptors (Lipinski definition) is 7. The fraction of sp³-hybridized carbons (Fsp3) is 0.227. The first-order valence-corrected chi connectivity index (χ1v) is 11.6. The fourth-order valence-corrected chi connectivity index (χ4v) is 4.78. The predicted molar refractivity (Wildman–Crippen MR) is 121 cm³/mol. The molecule has 0 unspecified atom stereocenters. The molecular formula is C22H20N2O5S2. The number of esters is 1. The lowest BCUT2D eigenvalue weighted by Gasteiger charge is -2.05. The zero-order valence-corrected chi connectivity index (χ0v) is 18.8. The second kappa shape index (κ2) is 8.99. The Balaban J connectivity index is 1.81. The van der Waals surface area contributed by atoms with Gasteiger partial charge in [-0.25, -0.2) is 0 Å². The van der Waals surface area contributed by atoms with Crippen LogP contribution in [-0.2, 0) is 16.1 Å². The number of aromatic nitrogens is 1. The molecule has 0 aliphatic carbocycles. The van der Waals surface area contributed by atoms with Crippen LogP contribution < -0.4 is 9.54 Å². The number of carbonyl (C=O) groups is 2. The van der Waals surface area contributed by atoms with E-state index >= 15 is 0 Å². The normalized spacial score (nSPS) is 11.9. The molecule has 0 aliphatic heterocycles. The summed E-state index contributed by atoms with van der Waals surface area (Å²) >= 11 is 2.96. The molecule has 9 heteroatoms. The van der Waals surface area contributed by atoms with Crippen molar-refractivity contribution < 1.29 is 23.5 Å². The van der Waals surface area contributed by atoms with E-state index in [1.165, 1.54) is 11.3 Å². The molecule has 2 heterocycles. The van der Waals surface area contributed by atoms with Crippen LogP contribution in [0.3, 0.4) is 0 Å². The van der Waals surface area contributed by atoms with E-state index in [2.05, 4.69) is 4.99 Å². The molecular weight excluding hydrogens is 436 g/mol. The van der Waals surface area contributed by atoms with Crippen molar-refractivity contribution >= 4 is 56.2 Å². The molecule has 31 heavy (non-hydrogen) atoms. The van der Waals surface area contributed by atoms with E-state index in [1.807, 2.05) is 36.6 Å². The number of ether oxygens (including phenoxy) is 2. The van der Waals surface area contributed by atoms with Gasteiger partial charge in [-0.2, -0.15) is 4.99 Å². The third-order valence-corrected chi connectivity index (χ3v) is 6.38. The second-order valence-electron chi connectivity index (χ2n) is 6.52. The number of hydrogen-bond donors (Lipinski definition) is 0. The first kappa shape index (κ1) is 21.2. The summed E-state index contributed by atoms with van der Waals surface area (Å²) in [5, 5.41) is 0.748. The van der Waals surface area contributed by atoms with Crippen molar-refractivity contribution in [3.63, 3.8) is 0 Å². The molecule has 2 aromatic carbocycles. The van der Waals surface area contributed by atoms with E-state index in [0.717, 1.165) is 20.5 Å². The maximum Gasteiger partial charge on any atom is 0.326 e. The van der Waals surface area contributed by atoms with Gasteiger partial charge >= 0.3 is 11.9 Å². The number of carbonyl (C=O) groups excluding carboxylic acids is 2. The van der Waals surface area contributed by atoms with Crippen LogP contribution in [0.2, 0.25) is 0 Å². The van der Waals surface area contributed by atoms with E-state index in [4.69, 9.17) is 13.9 Å². The van der Waals surface area contributed by atoms with Gasteiger partial charge in [0.25, 0.3) is 0 Å². The molecule has 0 saturated heterocycles. The molecule has 0 spiro atoms. The van der Waals surface area contributed by atoms with Crippen molar-refractivity contribution in [2.75, 3.05) is 20.0 Å². The Bertz CT molecular complexity index is 1350. The van der Waals surface area contributed by atoms with Crippen molar-refractivity contribution in [2.45, 2.75) is 18.4 Å². The summed E-state index contributed by atoms with van der Waals surface area (Å²) in [6.07, 6.45) is 1.99. The topological polar surface area (TPSA) is 83.0 Å². The minimum atomic E-state index is -0.535. The summed E-state index contributed by atoms with van der Waals surface area (Å²) < 4.78 is 18.7. The van der Waals surface area contributed by atoms with E-state index in [1.54, 1.807) is 42.5 Å². The maximum atomic E-state index is 12.9. The molecule has 0 bridgehead atoms. The molecule has 0 atom stereocenters. The SMILES string of the molecule is CCOC(=O)Cn1c(=NC(=O)c2cc3cccc(OC)c3o2)sc2cc(SC)ccc21. The van der Waals surface area contributed by atoms with Gasteiger partial charge in [-0.1, -0.05) is 23.5 Å². The van der Waals surface area contributed by atoms with E-state index in [0.29, 0.717) is 16.1 Å². The lowest BCUT2D eigenvalue weighted by Crippen LogP contribution is -2.23. The van der Waals surface area contributed by atoms with Crippen molar-refractivity contribution in [2.24, 2.45) is 4.99 Å². The summed E-state index contributed by atoms with van der Waals surface area (Å²) in [4.78, 5) is 30.9. The van der Waals surface area contributed by atoms with Gasteiger partial charge in [0.05, 0.1) is 23.9 Å². The van der Waals surface area contributed by atoms with Crippen LogP contribution in [0, 0.1) is 0 Å². The number of fused-ring (bicyclic) bond motifs is 2. The highest BCUT2D eigenvalue weighted by molar-refractivity contribution is 7.98. The maximum absolute atomic E-state index is 12.9. The van der Waals surface area contributed by atoms with Gasteiger partial charge in [-0.05, 0) is 43.5 Å². The van der Waals surface area contributed by atoms with Crippen LogP contribution in [0.5, 0.6) is 5.75 Å². The molecule has 7 nitrogen and oxygen atoms in total. The molecule has 0 fully saturated rings. The average molecular weight is 457 g/mol. The third kappa shape index (κ3) is 4.24. The lowest BCUT2D eigenvalue weighted by atomic mass is 10.2. The molecule has 0 saturated carbocycles. The van der Waals surface area contributed by atoms with Gasteiger partial charge < -0.3 is 18.5 Å². The zero-order valence-electron chi connectivity index (χ0n) is 17.2. The number of thiazole rings is 1. The quantitative estimate of drug-likeness (QED) is 0.314. The third-order valence-electron chi connectivity index (χ3n) is 4.62. The van der Waals surface area contributed by atoms with Gasteiger partial charge in [-0.3, -0.25) is 9.59 Å². The highest BCUT2D eigenvalue weighted by Crippen LogP contribution is 2.29. The highest BCUT2D eigenvalue weighted by Gasteiger charge is 2.17. The van der Waals surface area contributed by atoms with Gasteiger partial charge in [-0.15, -0.1) is 11.8 Å². The van der Waals surface area contributed by atoms with Gasteiger partial charge in [0, 0.05) is 10.3 Å². The summed E-state index contributed by atoms with van der Waals surface area (Å²) in [5.41, 5.74) is 1.30. The smallest absolute Gasteiger partial charge is 0.326 e. The molecule has 4 rings (SSSR count). The summed E-state index contributed by atoms with van der Waals surface area (Å²) in [6.45, 7) is 2.00. The Morgan fingerprint density at radius 3 is 2.81 bits per heavy atom. The Hall–Kier alpha value is -3.04. The van der Waals surface area contributed by atoms with Crippen molar-refractivity contribution in [1.29, 1.82) is 0 Å². The monoisotopic (exact) mass is 456 g/mol. The van der Waals surface area contributed by atoms with Crippen LogP contribution in [0.4, 0.5) is 0 Å². The number of methoxy groups -OCH3 is 1. The van der Waals surface area contributed by atoms with Crippen LogP contribution in [-0.4, -0.2) is 36.4 Å². The van der Waals surface area contributed by atoms with Crippen LogP contribution in [0.15, 0.2) is 56.8 Å². The summed E-state index contributed by atoms with van der Waals surface area (Å²) in [7, 11) is 1.54. The Labute approximate surface area is 186 Å². The number of benzene rings is 2. The molecule has 2 aromatic heterocycles.